The lowest BCUT2D eigenvalue weighted by atomic mass is 9.97. The Labute approximate surface area is 109 Å². The zero-order valence-electron chi connectivity index (χ0n) is 11.2. The average molecular weight is 278 g/mol. The molecule has 6 nitrogen and oxygen atoms in total. The normalized spacial score (nSPS) is 26.4. The van der Waals surface area contributed by atoms with Crippen LogP contribution in [0.15, 0.2) is 0 Å². The first-order valence-electron chi connectivity index (χ1n) is 6.20. The zero-order chi connectivity index (χ0) is 13.9. The average Bonchev–Trinajstić information content (AvgIpc) is 2.28. The fourth-order valence-electron chi connectivity index (χ4n) is 2.12. The number of carbonyl (C=O) groups is 1. The quantitative estimate of drug-likeness (QED) is 0.805. The van der Waals surface area contributed by atoms with Crippen LogP contribution in [0.1, 0.15) is 33.1 Å². The van der Waals surface area contributed by atoms with Gasteiger partial charge in [-0.05, 0) is 25.7 Å². The smallest absolute Gasteiger partial charge is 0.304 e. The van der Waals surface area contributed by atoms with E-state index in [4.69, 9.17) is 5.11 Å². The first-order valence-corrected chi connectivity index (χ1v) is 7.59. The van der Waals surface area contributed by atoms with Crippen molar-refractivity contribution in [2.45, 2.75) is 39.2 Å². The zero-order valence-corrected chi connectivity index (χ0v) is 12.0. The van der Waals surface area contributed by atoms with Crippen LogP contribution < -0.4 is 0 Å². The monoisotopic (exact) mass is 278 g/mol. The topological polar surface area (TPSA) is 77.9 Å². The van der Waals surface area contributed by atoms with Gasteiger partial charge >= 0.3 is 5.97 Å². The molecule has 18 heavy (non-hydrogen) atoms. The standard InChI is InChI=1S/C11H22N2O4S/c1-9-4-5-10(2)13(8-9)18(16,17)12(3)7-6-11(14)15/h9-10H,4-8H2,1-3H3,(H,14,15). The van der Waals surface area contributed by atoms with Gasteiger partial charge in [0, 0.05) is 26.2 Å². The van der Waals surface area contributed by atoms with Gasteiger partial charge in [0.1, 0.15) is 0 Å². The lowest BCUT2D eigenvalue weighted by Crippen LogP contribution is -2.50. The third-order valence-corrected chi connectivity index (χ3v) is 5.46. The molecule has 0 radical (unpaired) electrons. The fraction of sp³-hybridized carbons (Fsp3) is 0.909. The lowest BCUT2D eigenvalue weighted by Gasteiger charge is -2.37. The van der Waals surface area contributed by atoms with E-state index in [1.807, 2.05) is 13.8 Å². The number of hydrogen-bond donors (Lipinski definition) is 1. The Balaban J connectivity index is 2.74. The molecule has 0 aromatic rings. The molecule has 0 aromatic carbocycles. The molecule has 1 rings (SSSR count). The molecule has 0 amide bonds. The van der Waals surface area contributed by atoms with Crippen molar-refractivity contribution < 1.29 is 18.3 Å². The number of hydrogen-bond acceptors (Lipinski definition) is 3. The molecule has 1 N–H and O–H groups in total. The lowest BCUT2D eigenvalue weighted by molar-refractivity contribution is -0.137. The summed E-state index contributed by atoms with van der Waals surface area (Å²) in [5.74, 6) is -0.638. The molecule has 1 aliphatic rings. The van der Waals surface area contributed by atoms with Gasteiger partial charge in [0.05, 0.1) is 6.42 Å². The minimum absolute atomic E-state index is 0.00919. The summed E-state index contributed by atoms with van der Waals surface area (Å²) in [7, 11) is -2.10. The van der Waals surface area contributed by atoms with Crippen LogP contribution >= 0.6 is 0 Å². The van der Waals surface area contributed by atoms with E-state index in [1.54, 1.807) is 0 Å². The number of aliphatic carboxylic acids is 1. The summed E-state index contributed by atoms with van der Waals surface area (Å²) in [4.78, 5) is 10.5. The Bertz CT molecular complexity index is 396. The van der Waals surface area contributed by atoms with Gasteiger partial charge in [-0.2, -0.15) is 17.0 Å². The number of rotatable bonds is 5. The summed E-state index contributed by atoms with van der Waals surface area (Å²) in [5, 5.41) is 8.60. The van der Waals surface area contributed by atoms with Crippen LogP contribution in [0, 0.1) is 5.92 Å². The third-order valence-electron chi connectivity index (χ3n) is 3.39. The van der Waals surface area contributed by atoms with Gasteiger partial charge < -0.3 is 5.11 Å². The van der Waals surface area contributed by atoms with Crippen LogP contribution in [0.5, 0.6) is 0 Å². The molecule has 0 aliphatic carbocycles. The first-order chi connectivity index (χ1) is 8.25. The molecule has 7 heteroatoms. The molecule has 106 valence electrons. The highest BCUT2D eigenvalue weighted by molar-refractivity contribution is 7.86. The Kier molecular flexibility index (Phi) is 5.12. The van der Waals surface area contributed by atoms with Crippen LogP contribution in [0.4, 0.5) is 0 Å². The van der Waals surface area contributed by atoms with Crippen molar-refractivity contribution in [3.05, 3.63) is 0 Å². The van der Waals surface area contributed by atoms with Gasteiger partial charge in [0.15, 0.2) is 0 Å². The predicted octanol–water partition coefficient (Wildman–Crippen LogP) is 0.758. The van der Waals surface area contributed by atoms with Gasteiger partial charge in [0.25, 0.3) is 10.2 Å². The summed E-state index contributed by atoms with van der Waals surface area (Å²) in [5.41, 5.74) is 0. The van der Waals surface area contributed by atoms with Gasteiger partial charge in [-0.3, -0.25) is 4.79 Å². The number of nitrogens with zero attached hydrogens (tertiary/aromatic N) is 2. The minimum Gasteiger partial charge on any atom is -0.481 e. The number of piperidine rings is 1. The van der Waals surface area contributed by atoms with Crippen LogP contribution in [-0.2, 0) is 15.0 Å². The Morgan fingerprint density at radius 3 is 2.56 bits per heavy atom. The van der Waals surface area contributed by atoms with Gasteiger partial charge in [-0.1, -0.05) is 6.92 Å². The second-order valence-electron chi connectivity index (χ2n) is 5.07. The summed E-state index contributed by atoms with van der Waals surface area (Å²) in [6.45, 7) is 4.45. The molecule has 1 saturated heterocycles. The largest absolute Gasteiger partial charge is 0.481 e. The van der Waals surface area contributed by atoms with E-state index in [0.717, 1.165) is 17.1 Å². The van der Waals surface area contributed by atoms with E-state index in [2.05, 4.69) is 0 Å². The Morgan fingerprint density at radius 1 is 1.39 bits per heavy atom. The van der Waals surface area contributed by atoms with E-state index in [9.17, 15) is 13.2 Å². The maximum atomic E-state index is 12.3. The second-order valence-corrected chi connectivity index (χ2v) is 7.06. The molecule has 1 aliphatic heterocycles. The SMILES string of the molecule is CC1CCC(C)N(S(=O)(=O)N(C)CCC(=O)O)C1. The van der Waals surface area contributed by atoms with E-state index in [-0.39, 0.29) is 19.0 Å². The summed E-state index contributed by atoms with van der Waals surface area (Å²) < 4.78 is 27.2. The van der Waals surface area contributed by atoms with Crippen LogP contribution in [0.3, 0.4) is 0 Å². The first kappa shape index (κ1) is 15.4. The molecule has 0 saturated carbocycles. The van der Waals surface area contributed by atoms with Gasteiger partial charge in [-0.25, -0.2) is 0 Å². The number of carboxylic acid groups (broad SMARTS) is 1. The summed E-state index contributed by atoms with van der Waals surface area (Å²) in [6, 6.07) is -0.0153. The van der Waals surface area contributed by atoms with Crippen molar-refractivity contribution in [1.82, 2.24) is 8.61 Å². The predicted molar refractivity (Wildman–Crippen MR) is 68.4 cm³/mol. The summed E-state index contributed by atoms with van der Waals surface area (Å²) in [6.07, 6.45) is 1.71. The highest BCUT2D eigenvalue weighted by Gasteiger charge is 2.34. The van der Waals surface area contributed by atoms with Gasteiger partial charge in [0.2, 0.25) is 0 Å². The minimum atomic E-state index is -3.54. The van der Waals surface area contributed by atoms with Gasteiger partial charge in [-0.15, -0.1) is 0 Å². The highest BCUT2D eigenvalue weighted by atomic mass is 32.2. The molecule has 1 fully saturated rings. The van der Waals surface area contributed by atoms with Crippen LogP contribution in [-0.4, -0.2) is 54.3 Å². The Hall–Kier alpha value is -0.660. The van der Waals surface area contributed by atoms with Crippen molar-refractivity contribution in [1.29, 1.82) is 0 Å². The molecule has 2 atom stereocenters. The summed E-state index contributed by atoms with van der Waals surface area (Å²) >= 11 is 0. The van der Waals surface area contributed by atoms with Crippen LogP contribution in [0.2, 0.25) is 0 Å². The highest BCUT2D eigenvalue weighted by Crippen LogP contribution is 2.25. The van der Waals surface area contributed by atoms with E-state index in [0.29, 0.717) is 12.5 Å². The van der Waals surface area contributed by atoms with E-state index >= 15 is 0 Å². The molecule has 1 heterocycles. The molecule has 2 unspecified atom stereocenters. The maximum Gasteiger partial charge on any atom is 0.304 e. The van der Waals surface area contributed by atoms with Crippen LogP contribution in [0.25, 0.3) is 0 Å². The van der Waals surface area contributed by atoms with Crippen molar-refractivity contribution in [3.63, 3.8) is 0 Å². The molecule has 0 spiro atoms. The number of carboxylic acids is 1. The molecular weight excluding hydrogens is 256 g/mol. The molecule has 0 aromatic heterocycles. The third kappa shape index (κ3) is 3.66. The molecule has 0 bridgehead atoms. The molecular formula is C11H22N2O4S. The Morgan fingerprint density at radius 2 is 2.00 bits per heavy atom. The van der Waals surface area contributed by atoms with Crippen molar-refractivity contribution in [3.8, 4) is 0 Å². The van der Waals surface area contributed by atoms with Crippen molar-refractivity contribution in [2.24, 2.45) is 5.92 Å². The fourth-order valence-corrected chi connectivity index (χ4v) is 3.80. The van der Waals surface area contributed by atoms with Crippen molar-refractivity contribution >= 4 is 16.2 Å². The maximum absolute atomic E-state index is 12.3. The van der Waals surface area contributed by atoms with Crippen molar-refractivity contribution in [2.75, 3.05) is 20.1 Å². The van der Waals surface area contributed by atoms with E-state index < -0.39 is 16.2 Å². The van der Waals surface area contributed by atoms with E-state index in [1.165, 1.54) is 11.4 Å². The second kappa shape index (κ2) is 5.99.